The lowest BCUT2D eigenvalue weighted by molar-refractivity contribution is 0.174. The van der Waals surface area contributed by atoms with Crippen LogP contribution in [0.25, 0.3) is 43.2 Å². The van der Waals surface area contributed by atoms with Crippen molar-refractivity contribution >= 4 is 60.5 Å². The van der Waals surface area contributed by atoms with Gasteiger partial charge in [0.15, 0.2) is 23.1 Å². The van der Waals surface area contributed by atoms with E-state index in [2.05, 4.69) is 43.6 Å². The number of hydrogen-bond donors (Lipinski definition) is 1. The summed E-state index contributed by atoms with van der Waals surface area (Å²) in [4.78, 5) is 28.5. The predicted octanol–water partition coefficient (Wildman–Crippen LogP) is 8.16. The number of benzene rings is 1. The van der Waals surface area contributed by atoms with Gasteiger partial charge in [0.05, 0.1) is 10.8 Å². The van der Waals surface area contributed by atoms with E-state index in [1.54, 1.807) is 47.5 Å². The average molecular weight is 652 g/mol. The Hall–Kier alpha value is -4.71. The van der Waals surface area contributed by atoms with Crippen molar-refractivity contribution in [2.75, 3.05) is 18.7 Å². The molecule has 0 fully saturated rings. The molecule has 224 valence electrons. The summed E-state index contributed by atoms with van der Waals surface area (Å²) in [6.07, 6.45) is 7.85. The predicted molar refractivity (Wildman–Crippen MR) is 181 cm³/mol. The summed E-state index contributed by atoms with van der Waals surface area (Å²) in [5.74, 6) is 3.80. The number of fused-ring (bicyclic) bond motifs is 3. The highest BCUT2D eigenvalue weighted by atomic mass is 35.5. The van der Waals surface area contributed by atoms with Gasteiger partial charge < -0.3 is 14.8 Å². The van der Waals surface area contributed by atoms with E-state index in [0.717, 1.165) is 67.4 Å². The van der Waals surface area contributed by atoms with Gasteiger partial charge in [-0.3, -0.25) is 9.97 Å². The molecule has 7 heterocycles. The molecule has 0 amide bonds. The molecule has 7 aromatic rings. The van der Waals surface area contributed by atoms with Crippen molar-refractivity contribution in [3.8, 4) is 34.3 Å². The van der Waals surface area contributed by atoms with Crippen LogP contribution in [0.3, 0.4) is 0 Å². The summed E-state index contributed by atoms with van der Waals surface area (Å²) in [6, 6.07) is 13.7. The molecule has 6 aromatic heterocycles. The zero-order valence-corrected chi connectivity index (χ0v) is 26.7. The molecule has 0 atom stereocenters. The van der Waals surface area contributed by atoms with Crippen LogP contribution in [-0.4, -0.2) is 43.2 Å². The SMILES string of the molecule is Cc1csc2nc(-c3cccnc3)nc(Cl)c12.Cc1csc2nc(-c3cccnc3)nc(NCCc3ccc4c(c3)OCO4)c12. The van der Waals surface area contributed by atoms with E-state index in [0.29, 0.717) is 23.6 Å². The first-order valence-corrected chi connectivity index (χ1v) is 16.3. The second-order valence-electron chi connectivity index (χ2n) is 10.3. The number of hydrogen-bond acceptors (Lipinski definition) is 11. The summed E-state index contributed by atoms with van der Waals surface area (Å²) in [7, 11) is 0. The van der Waals surface area contributed by atoms with Gasteiger partial charge in [-0.15, -0.1) is 22.7 Å². The Kier molecular flexibility index (Phi) is 8.21. The minimum absolute atomic E-state index is 0.296. The van der Waals surface area contributed by atoms with Crippen molar-refractivity contribution < 1.29 is 9.47 Å². The van der Waals surface area contributed by atoms with Crippen molar-refractivity contribution in [2.24, 2.45) is 0 Å². The van der Waals surface area contributed by atoms with Gasteiger partial charge in [0.2, 0.25) is 6.79 Å². The van der Waals surface area contributed by atoms with Crippen LogP contribution in [0, 0.1) is 13.8 Å². The summed E-state index contributed by atoms with van der Waals surface area (Å²) in [5, 5.41) is 10.2. The Morgan fingerprint density at radius 1 is 0.778 bits per heavy atom. The second-order valence-corrected chi connectivity index (χ2v) is 12.4. The van der Waals surface area contributed by atoms with Gasteiger partial charge in [-0.25, -0.2) is 19.9 Å². The Balaban J connectivity index is 0.000000163. The zero-order chi connectivity index (χ0) is 30.8. The lowest BCUT2D eigenvalue weighted by atomic mass is 10.1. The molecular formula is C33H26ClN7O2S2. The van der Waals surface area contributed by atoms with Crippen LogP contribution >= 0.6 is 34.3 Å². The van der Waals surface area contributed by atoms with Crippen molar-refractivity contribution in [3.05, 3.63) is 99.9 Å². The van der Waals surface area contributed by atoms with Gasteiger partial charge in [0.25, 0.3) is 0 Å². The Morgan fingerprint density at radius 3 is 2.11 bits per heavy atom. The maximum Gasteiger partial charge on any atom is 0.231 e. The largest absolute Gasteiger partial charge is 0.454 e. The third kappa shape index (κ3) is 6.15. The van der Waals surface area contributed by atoms with Gasteiger partial charge in [0.1, 0.15) is 20.6 Å². The van der Waals surface area contributed by atoms with Gasteiger partial charge in [-0.05, 0) is 84.1 Å². The highest BCUT2D eigenvalue weighted by molar-refractivity contribution is 7.17. The lowest BCUT2D eigenvalue weighted by Gasteiger charge is -2.10. The number of halogens is 1. The Morgan fingerprint density at radius 2 is 1.42 bits per heavy atom. The molecular weight excluding hydrogens is 626 g/mol. The highest BCUT2D eigenvalue weighted by Crippen LogP contribution is 2.34. The number of rotatable bonds is 6. The first kappa shape index (κ1) is 29.0. The van der Waals surface area contributed by atoms with Gasteiger partial charge >= 0.3 is 0 Å². The smallest absolute Gasteiger partial charge is 0.231 e. The number of nitrogens with zero attached hydrogens (tertiary/aromatic N) is 6. The van der Waals surface area contributed by atoms with Crippen LogP contribution < -0.4 is 14.8 Å². The molecule has 0 spiro atoms. The number of ether oxygens (including phenoxy) is 2. The normalized spacial score (nSPS) is 11.9. The maximum atomic E-state index is 6.19. The second kappa shape index (κ2) is 12.7. The van der Waals surface area contributed by atoms with Crippen LogP contribution in [0.15, 0.2) is 78.0 Å². The van der Waals surface area contributed by atoms with E-state index < -0.39 is 0 Å². The van der Waals surface area contributed by atoms with E-state index in [9.17, 15) is 0 Å². The number of aryl methyl sites for hydroxylation is 2. The highest BCUT2D eigenvalue weighted by Gasteiger charge is 2.15. The van der Waals surface area contributed by atoms with Crippen LogP contribution in [0.2, 0.25) is 5.15 Å². The third-order valence-corrected chi connectivity index (χ3v) is 9.43. The Labute approximate surface area is 272 Å². The number of thiophene rings is 2. The van der Waals surface area contributed by atoms with E-state index in [4.69, 9.17) is 31.0 Å². The van der Waals surface area contributed by atoms with Crippen molar-refractivity contribution in [3.63, 3.8) is 0 Å². The molecule has 0 unspecified atom stereocenters. The number of pyridine rings is 2. The van der Waals surface area contributed by atoms with Crippen molar-refractivity contribution in [1.82, 2.24) is 29.9 Å². The summed E-state index contributed by atoms with van der Waals surface area (Å²) < 4.78 is 10.8. The fourth-order valence-electron chi connectivity index (χ4n) is 4.92. The molecule has 0 saturated heterocycles. The van der Waals surface area contributed by atoms with Gasteiger partial charge in [0, 0.05) is 42.5 Å². The van der Waals surface area contributed by atoms with Crippen LogP contribution in [-0.2, 0) is 6.42 Å². The number of aromatic nitrogens is 6. The summed E-state index contributed by atoms with van der Waals surface area (Å²) >= 11 is 9.41. The van der Waals surface area contributed by atoms with E-state index in [1.165, 1.54) is 11.1 Å². The molecule has 8 rings (SSSR count). The first-order chi connectivity index (χ1) is 22.0. The van der Waals surface area contributed by atoms with Crippen molar-refractivity contribution in [1.29, 1.82) is 0 Å². The van der Waals surface area contributed by atoms with E-state index in [-0.39, 0.29) is 0 Å². The molecule has 0 bridgehead atoms. The van der Waals surface area contributed by atoms with Gasteiger partial charge in [-0.2, -0.15) is 0 Å². The average Bonchev–Trinajstić information content (AvgIpc) is 3.80. The number of nitrogens with one attached hydrogen (secondary N) is 1. The quantitative estimate of drug-likeness (QED) is 0.178. The fourth-order valence-corrected chi connectivity index (χ4v) is 7.13. The molecule has 1 aliphatic heterocycles. The molecule has 0 radical (unpaired) electrons. The fraction of sp³-hybridized carbons (Fsp3) is 0.152. The molecule has 0 saturated carbocycles. The molecule has 0 aliphatic carbocycles. The number of anilines is 1. The van der Waals surface area contributed by atoms with Crippen LogP contribution in [0.4, 0.5) is 5.82 Å². The monoisotopic (exact) mass is 651 g/mol. The van der Waals surface area contributed by atoms with Crippen molar-refractivity contribution in [2.45, 2.75) is 20.3 Å². The summed E-state index contributed by atoms with van der Waals surface area (Å²) in [6.45, 7) is 5.16. The first-order valence-electron chi connectivity index (χ1n) is 14.1. The topological polar surface area (TPSA) is 108 Å². The molecule has 45 heavy (non-hydrogen) atoms. The van der Waals surface area contributed by atoms with E-state index in [1.807, 2.05) is 48.7 Å². The maximum absolute atomic E-state index is 6.19. The minimum atomic E-state index is 0.296. The summed E-state index contributed by atoms with van der Waals surface area (Å²) in [5.41, 5.74) is 5.28. The molecule has 1 aromatic carbocycles. The van der Waals surface area contributed by atoms with Gasteiger partial charge in [-0.1, -0.05) is 17.7 Å². The molecule has 9 nitrogen and oxygen atoms in total. The van der Waals surface area contributed by atoms with E-state index >= 15 is 0 Å². The standard InChI is InChI=1S/C21H18N4O2S.C12H8ClN3S/c1-13-11-28-21-18(13)20(24-19(25-21)15-3-2-7-22-10-15)23-8-6-14-4-5-16-17(9-14)27-12-26-16;1-7-6-17-12-9(7)10(13)15-11(16-12)8-3-2-4-14-5-8/h2-5,7,9-11H,6,8,12H2,1H3,(H,23,24,25);2-6H,1H3. The molecule has 1 aliphatic rings. The lowest BCUT2D eigenvalue weighted by Crippen LogP contribution is -2.08. The minimum Gasteiger partial charge on any atom is -0.454 e. The Bertz CT molecular complexity index is 2120. The zero-order valence-electron chi connectivity index (χ0n) is 24.3. The molecule has 1 N–H and O–H groups in total. The van der Waals surface area contributed by atoms with Crippen LogP contribution in [0.1, 0.15) is 16.7 Å². The molecule has 12 heteroatoms. The van der Waals surface area contributed by atoms with Crippen LogP contribution in [0.5, 0.6) is 11.5 Å². The third-order valence-electron chi connectivity index (χ3n) is 7.17.